The van der Waals surface area contributed by atoms with Crippen LogP contribution in [0.3, 0.4) is 0 Å². The third-order valence-electron chi connectivity index (χ3n) is 3.79. The van der Waals surface area contributed by atoms with Gasteiger partial charge in [-0.1, -0.05) is 12.8 Å². The van der Waals surface area contributed by atoms with Gasteiger partial charge in [0.15, 0.2) is 5.82 Å². The third kappa shape index (κ3) is 3.26. The van der Waals surface area contributed by atoms with E-state index in [1.807, 2.05) is 4.68 Å². The van der Waals surface area contributed by atoms with E-state index in [2.05, 4.69) is 27.8 Å². The molecule has 0 spiro atoms. The summed E-state index contributed by atoms with van der Waals surface area (Å²) < 4.78 is 6.98. The van der Waals surface area contributed by atoms with Gasteiger partial charge in [-0.15, -0.1) is 5.10 Å². The van der Waals surface area contributed by atoms with Crippen LogP contribution in [0, 0.1) is 5.92 Å². The number of hydrogen-bond acceptors (Lipinski definition) is 5. The molecule has 0 bridgehead atoms. The van der Waals surface area contributed by atoms with E-state index < -0.39 is 0 Å². The lowest BCUT2D eigenvalue weighted by Gasteiger charge is -2.19. The summed E-state index contributed by atoms with van der Waals surface area (Å²) >= 11 is 0. The molecule has 6 heteroatoms. The van der Waals surface area contributed by atoms with E-state index >= 15 is 0 Å². The molecule has 1 aromatic heterocycles. The highest BCUT2D eigenvalue weighted by atomic mass is 16.5. The Labute approximate surface area is 108 Å². The lowest BCUT2D eigenvalue weighted by molar-refractivity contribution is 0.198. The van der Waals surface area contributed by atoms with E-state index in [9.17, 15) is 0 Å². The Kier molecular flexibility index (Phi) is 5.07. The van der Waals surface area contributed by atoms with Crippen molar-refractivity contribution in [2.24, 2.45) is 5.92 Å². The summed E-state index contributed by atoms with van der Waals surface area (Å²) in [6, 6.07) is 0.404. The largest absolute Gasteiger partial charge is 0.383 e. The van der Waals surface area contributed by atoms with E-state index in [-0.39, 0.29) is 0 Å². The van der Waals surface area contributed by atoms with Crippen LogP contribution in [0.4, 0.5) is 0 Å². The minimum Gasteiger partial charge on any atom is -0.383 e. The van der Waals surface area contributed by atoms with E-state index in [1.54, 1.807) is 7.11 Å². The first-order valence-corrected chi connectivity index (χ1v) is 6.79. The second-order valence-corrected chi connectivity index (χ2v) is 4.99. The highest BCUT2D eigenvalue weighted by molar-refractivity contribution is 4.86. The van der Waals surface area contributed by atoms with Crippen molar-refractivity contribution >= 4 is 0 Å². The SMILES string of the molecule is COCCNCc1nnnn1C(C)C1CCCC1. The molecule has 1 unspecified atom stereocenters. The molecule has 0 aliphatic heterocycles. The van der Waals surface area contributed by atoms with Crippen LogP contribution in [0.25, 0.3) is 0 Å². The normalized spacial score (nSPS) is 18.3. The first-order valence-electron chi connectivity index (χ1n) is 6.79. The molecule has 1 saturated carbocycles. The van der Waals surface area contributed by atoms with Gasteiger partial charge in [0.25, 0.3) is 0 Å². The lowest BCUT2D eigenvalue weighted by atomic mass is 10.00. The molecule has 6 nitrogen and oxygen atoms in total. The highest BCUT2D eigenvalue weighted by Gasteiger charge is 2.25. The predicted octanol–water partition coefficient (Wildman–Crippen LogP) is 1.16. The van der Waals surface area contributed by atoms with E-state index in [4.69, 9.17) is 4.74 Å². The van der Waals surface area contributed by atoms with Crippen molar-refractivity contribution in [1.82, 2.24) is 25.5 Å². The van der Waals surface area contributed by atoms with Crippen LogP contribution in [-0.2, 0) is 11.3 Å². The molecule has 1 atom stereocenters. The smallest absolute Gasteiger partial charge is 0.165 e. The first kappa shape index (κ1) is 13.4. The molecule has 0 aromatic carbocycles. The quantitative estimate of drug-likeness (QED) is 0.739. The summed E-state index contributed by atoms with van der Waals surface area (Å²) in [6.07, 6.45) is 5.30. The summed E-state index contributed by atoms with van der Waals surface area (Å²) in [5, 5.41) is 15.3. The summed E-state index contributed by atoms with van der Waals surface area (Å²) in [5.41, 5.74) is 0. The van der Waals surface area contributed by atoms with Crippen molar-refractivity contribution in [2.45, 2.75) is 45.2 Å². The van der Waals surface area contributed by atoms with Crippen LogP contribution >= 0.6 is 0 Å². The van der Waals surface area contributed by atoms with Crippen molar-refractivity contribution in [2.75, 3.05) is 20.3 Å². The lowest BCUT2D eigenvalue weighted by Crippen LogP contribution is -2.24. The molecule has 1 aliphatic rings. The van der Waals surface area contributed by atoms with Crippen molar-refractivity contribution in [3.63, 3.8) is 0 Å². The van der Waals surface area contributed by atoms with Crippen molar-refractivity contribution in [3.05, 3.63) is 5.82 Å². The maximum absolute atomic E-state index is 5.00. The average Bonchev–Trinajstić information content (AvgIpc) is 3.04. The topological polar surface area (TPSA) is 64.9 Å². The fourth-order valence-corrected chi connectivity index (χ4v) is 2.66. The molecule has 1 aliphatic carbocycles. The maximum Gasteiger partial charge on any atom is 0.165 e. The molecule has 2 rings (SSSR count). The average molecular weight is 253 g/mol. The van der Waals surface area contributed by atoms with E-state index in [1.165, 1.54) is 25.7 Å². The monoisotopic (exact) mass is 253 g/mol. The summed E-state index contributed by atoms with van der Waals surface area (Å²) in [7, 11) is 1.70. The molecule has 0 saturated heterocycles. The Morgan fingerprint density at radius 2 is 2.22 bits per heavy atom. The van der Waals surface area contributed by atoms with Gasteiger partial charge in [-0.05, 0) is 36.1 Å². The molecular weight excluding hydrogens is 230 g/mol. The van der Waals surface area contributed by atoms with Gasteiger partial charge in [-0.3, -0.25) is 0 Å². The van der Waals surface area contributed by atoms with Gasteiger partial charge in [0.05, 0.1) is 19.2 Å². The number of hydrogen-bond donors (Lipinski definition) is 1. The number of tetrazole rings is 1. The number of ether oxygens (including phenoxy) is 1. The minimum atomic E-state index is 0.404. The summed E-state index contributed by atoms with van der Waals surface area (Å²) in [4.78, 5) is 0. The molecule has 1 fully saturated rings. The molecule has 1 N–H and O–H groups in total. The number of nitrogens with one attached hydrogen (secondary N) is 1. The molecule has 102 valence electrons. The Morgan fingerprint density at radius 3 is 2.94 bits per heavy atom. The molecule has 1 heterocycles. The van der Waals surface area contributed by atoms with Crippen LogP contribution in [0.1, 0.15) is 44.5 Å². The van der Waals surface area contributed by atoms with Crippen molar-refractivity contribution < 1.29 is 4.74 Å². The number of nitrogens with zero attached hydrogens (tertiary/aromatic N) is 4. The Balaban J connectivity index is 1.89. The van der Waals surface area contributed by atoms with Gasteiger partial charge in [-0.25, -0.2) is 4.68 Å². The fourth-order valence-electron chi connectivity index (χ4n) is 2.66. The second kappa shape index (κ2) is 6.80. The number of methoxy groups -OCH3 is 1. The van der Waals surface area contributed by atoms with Crippen LogP contribution in [0.15, 0.2) is 0 Å². The van der Waals surface area contributed by atoms with Gasteiger partial charge in [0.1, 0.15) is 0 Å². The minimum absolute atomic E-state index is 0.404. The Hall–Kier alpha value is -1.01. The zero-order valence-corrected chi connectivity index (χ0v) is 11.3. The van der Waals surface area contributed by atoms with Crippen molar-refractivity contribution in [3.8, 4) is 0 Å². The summed E-state index contributed by atoms with van der Waals surface area (Å²) in [6.45, 7) is 4.46. The zero-order chi connectivity index (χ0) is 12.8. The van der Waals surface area contributed by atoms with E-state index in [0.29, 0.717) is 19.2 Å². The fraction of sp³-hybridized carbons (Fsp3) is 0.917. The Morgan fingerprint density at radius 1 is 1.44 bits per heavy atom. The number of aromatic nitrogens is 4. The highest BCUT2D eigenvalue weighted by Crippen LogP contribution is 2.33. The first-order chi connectivity index (χ1) is 8.83. The molecule has 0 amide bonds. The van der Waals surface area contributed by atoms with Gasteiger partial charge in [-0.2, -0.15) is 0 Å². The maximum atomic E-state index is 5.00. The Bertz CT molecular complexity index is 348. The van der Waals surface area contributed by atoms with Crippen LogP contribution in [-0.4, -0.2) is 40.5 Å². The van der Waals surface area contributed by atoms with Gasteiger partial charge in [0.2, 0.25) is 0 Å². The van der Waals surface area contributed by atoms with E-state index in [0.717, 1.165) is 18.3 Å². The van der Waals surface area contributed by atoms with Crippen LogP contribution < -0.4 is 5.32 Å². The van der Waals surface area contributed by atoms with Crippen LogP contribution in [0.5, 0.6) is 0 Å². The predicted molar refractivity (Wildman–Crippen MR) is 68.1 cm³/mol. The molecule has 0 radical (unpaired) electrons. The molecule has 1 aromatic rings. The third-order valence-corrected chi connectivity index (χ3v) is 3.79. The number of rotatable bonds is 7. The molecule has 18 heavy (non-hydrogen) atoms. The summed E-state index contributed by atoms with van der Waals surface area (Å²) in [5.74, 6) is 1.65. The van der Waals surface area contributed by atoms with Crippen molar-refractivity contribution in [1.29, 1.82) is 0 Å². The second-order valence-electron chi connectivity index (χ2n) is 4.99. The molecular formula is C12H23N5O. The van der Waals surface area contributed by atoms with Gasteiger partial charge in [0, 0.05) is 13.7 Å². The zero-order valence-electron chi connectivity index (χ0n) is 11.3. The van der Waals surface area contributed by atoms with Crippen LogP contribution in [0.2, 0.25) is 0 Å². The standard InChI is InChI=1S/C12H23N5O/c1-10(11-5-3-4-6-11)17-12(14-15-16-17)9-13-7-8-18-2/h10-11,13H,3-9H2,1-2H3. The van der Waals surface area contributed by atoms with Gasteiger partial charge >= 0.3 is 0 Å². The van der Waals surface area contributed by atoms with Gasteiger partial charge < -0.3 is 10.1 Å².